The summed E-state index contributed by atoms with van der Waals surface area (Å²) in [6, 6.07) is 4.91. The zero-order chi connectivity index (χ0) is 12.7. The van der Waals surface area contributed by atoms with Crippen molar-refractivity contribution in [2.24, 2.45) is 17.8 Å². The quantitative estimate of drug-likeness (QED) is 0.820. The van der Waals surface area contributed by atoms with Crippen LogP contribution in [0.1, 0.15) is 31.2 Å². The molecule has 0 bridgehead atoms. The molecule has 0 N–H and O–H groups in total. The van der Waals surface area contributed by atoms with E-state index in [1.54, 1.807) is 6.07 Å². The second-order valence-electron chi connectivity index (χ2n) is 5.49. The highest BCUT2D eigenvalue weighted by Gasteiger charge is 2.53. The summed E-state index contributed by atoms with van der Waals surface area (Å²) < 4.78 is 13.8. The van der Waals surface area contributed by atoms with Gasteiger partial charge in [-0.1, -0.05) is 25.0 Å². The molecule has 2 fully saturated rings. The van der Waals surface area contributed by atoms with Crippen LogP contribution < -0.4 is 0 Å². The standard InChI is InChI=1S/C15H16BrFO/c16-15-9(4-3-7-12(15)17)8-13(18)14-10-5-1-2-6-11(10)14/h3-4,7,10-11,14H,1-2,5-6,8H2. The molecular formula is C15H16BrFO. The molecule has 1 nitrogen and oxygen atoms in total. The minimum atomic E-state index is -0.284. The van der Waals surface area contributed by atoms with Gasteiger partial charge in [-0.05, 0) is 52.2 Å². The number of carbonyl (C=O) groups excluding carboxylic acids is 1. The molecule has 0 radical (unpaired) electrons. The Hall–Kier alpha value is -0.700. The Morgan fingerprint density at radius 1 is 1.28 bits per heavy atom. The molecule has 1 aromatic carbocycles. The summed E-state index contributed by atoms with van der Waals surface area (Å²) in [7, 11) is 0. The van der Waals surface area contributed by atoms with Gasteiger partial charge in [-0.2, -0.15) is 0 Å². The van der Waals surface area contributed by atoms with Gasteiger partial charge in [0, 0.05) is 12.3 Å². The van der Waals surface area contributed by atoms with Crippen molar-refractivity contribution in [2.75, 3.05) is 0 Å². The molecule has 0 spiro atoms. The molecule has 2 atom stereocenters. The highest BCUT2D eigenvalue weighted by molar-refractivity contribution is 9.10. The third kappa shape index (κ3) is 2.13. The maximum Gasteiger partial charge on any atom is 0.140 e. The minimum Gasteiger partial charge on any atom is -0.299 e. The second-order valence-corrected chi connectivity index (χ2v) is 6.29. The summed E-state index contributed by atoms with van der Waals surface area (Å²) in [6.07, 6.45) is 5.34. The molecular weight excluding hydrogens is 295 g/mol. The van der Waals surface area contributed by atoms with Crippen molar-refractivity contribution in [3.63, 3.8) is 0 Å². The fraction of sp³-hybridized carbons (Fsp3) is 0.533. The van der Waals surface area contributed by atoms with E-state index in [-0.39, 0.29) is 11.7 Å². The predicted molar refractivity (Wildman–Crippen MR) is 71.7 cm³/mol. The molecule has 3 rings (SSSR count). The largest absolute Gasteiger partial charge is 0.299 e. The number of rotatable bonds is 3. The summed E-state index contributed by atoms with van der Waals surface area (Å²) in [4.78, 5) is 12.3. The highest BCUT2D eigenvalue weighted by Crippen LogP contribution is 2.56. The van der Waals surface area contributed by atoms with Crippen LogP contribution in [-0.4, -0.2) is 5.78 Å². The molecule has 96 valence electrons. The van der Waals surface area contributed by atoms with Crippen molar-refractivity contribution < 1.29 is 9.18 Å². The van der Waals surface area contributed by atoms with Gasteiger partial charge in [-0.25, -0.2) is 4.39 Å². The number of halogens is 2. The molecule has 2 aliphatic carbocycles. The lowest BCUT2D eigenvalue weighted by molar-refractivity contribution is -0.120. The van der Waals surface area contributed by atoms with Crippen molar-refractivity contribution in [3.05, 3.63) is 34.1 Å². The normalized spacial score (nSPS) is 29.8. The Morgan fingerprint density at radius 3 is 2.61 bits per heavy atom. The molecule has 18 heavy (non-hydrogen) atoms. The van der Waals surface area contributed by atoms with Crippen LogP contribution in [0.3, 0.4) is 0 Å². The zero-order valence-electron chi connectivity index (χ0n) is 10.2. The number of benzene rings is 1. The molecule has 1 aromatic rings. The number of fused-ring (bicyclic) bond motifs is 1. The fourth-order valence-corrected chi connectivity index (χ4v) is 3.86. The van der Waals surface area contributed by atoms with Crippen LogP contribution in [0.2, 0.25) is 0 Å². The van der Waals surface area contributed by atoms with Crippen LogP contribution >= 0.6 is 15.9 Å². The first-order chi connectivity index (χ1) is 8.68. The fourth-order valence-electron chi connectivity index (χ4n) is 3.46. The summed E-state index contributed by atoms with van der Waals surface area (Å²) >= 11 is 3.23. The average Bonchev–Trinajstić information content (AvgIpc) is 3.09. The van der Waals surface area contributed by atoms with E-state index in [0.29, 0.717) is 28.5 Å². The average molecular weight is 311 g/mol. The summed E-state index contributed by atoms with van der Waals surface area (Å²) in [6.45, 7) is 0. The maximum absolute atomic E-state index is 13.4. The Kier molecular flexibility index (Phi) is 3.27. The third-order valence-electron chi connectivity index (χ3n) is 4.42. The first kappa shape index (κ1) is 12.3. The van der Waals surface area contributed by atoms with Crippen molar-refractivity contribution in [2.45, 2.75) is 32.1 Å². The van der Waals surface area contributed by atoms with E-state index in [1.807, 2.05) is 6.07 Å². The molecule has 2 saturated carbocycles. The lowest BCUT2D eigenvalue weighted by Gasteiger charge is -2.04. The van der Waals surface area contributed by atoms with Gasteiger partial charge in [0.25, 0.3) is 0 Å². The molecule has 0 amide bonds. The number of carbonyl (C=O) groups is 1. The van der Waals surface area contributed by atoms with Crippen LogP contribution in [-0.2, 0) is 11.2 Å². The molecule has 3 heteroatoms. The summed E-state index contributed by atoms with van der Waals surface area (Å²) in [5, 5.41) is 0. The lowest BCUT2D eigenvalue weighted by Crippen LogP contribution is -2.08. The van der Waals surface area contributed by atoms with Gasteiger partial charge < -0.3 is 0 Å². The lowest BCUT2D eigenvalue weighted by atomic mass is 10.0. The van der Waals surface area contributed by atoms with Gasteiger partial charge in [0.05, 0.1) is 4.47 Å². The number of hydrogen-bond donors (Lipinski definition) is 0. The van der Waals surface area contributed by atoms with Crippen LogP contribution in [0.15, 0.2) is 22.7 Å². The predicted octanol–water partition coefficient (Wildman–Crippen LogP) is 4.14. The first-order valence-electron chi connectivity index (χ1n) is 6.64. The monoisotopic (exact) mass is 310 g/mol. The van der Waals surface area contributed by atoms with Crippen LogP contribution in [0.5, 0.6) is 0 Å². The number of ketones is 1. The molecule has 0 heterocycles. The maximum atomic E-state index is 13.4. The third-order valence-corrected chi connectivity index (χ3v) is 5.31. The van der Waals surface area contributed by atoms with Crippen molar-refractivity contribution in [3.8, 4) is 0 Å². The number of Topliss-reactive ketones (excluding diaryl/α,β-unsaturated/α-hetero) is 1. The first-order valence-corrected chi connectivity index (χ1v) is 7.43. The smallest absolute Gasteiger partial charge is 0.140 e. The van der Waals surface area contributed by atoms with E-state index in [4.69, 9.17) is 0 Å². The van der Waals surface area contributed by atoms with Crippen molar-refractivity contribution in [1.29, 1.82) is 0 Å². The van der Waals surface area contributed by atoms with Gasteiger partial charge in [-0.15, -0.1) is 0 Å². The van der Waals surface area contributed by atoms with Crippen molar-refractivity contribution in [1.82, 2.24) is 0 Å². The van der Waals surface area contributed by atoms with E-state index >= 15 is 0 Å². The molecule has 0 aliphatic heterocycles. The number of hydrogen-bond acceptors (Lipinski definition) is 1. The summed E-state index contributed by atoms with van der Waals surface area (Å²) in [5.74, 6) is 1.56. The van der Waals surface area contributed by atoms with Gasteiger partial charge >= 0.3 is 0 Å². The van der Waals surface area contributed by atoms with E-state index < -0.39 is 0 Å². The SMILES string of the molecule is O=C(Cc1cccc(F)c1Br)C1C2CCCCC21. The van der Waals surface area contributed by atoms with E-state index in [1.165, 1.54) is 31.7 Å². The Morgan fingerprint density at radius 2 is 1.94 bits per heavy atom. The van der Waals surface area contributed by atoms with Gasteiger partial charge in [0.2, 0.25) is 0 Å². The molecule has 0 saturated heterocycles. The van der Waals surface area contributed by atoms with Crippen LogP contribution in [0.25, 0.3) is 0 Å². The zero-order valence-corrected chi connectivity index (χ0v) is 11.7. The van der Waals surface area contributed by atoms with Crippen molar-refractivity contribution >= 4 is 21.7 Å². The molecule has 2 aliphatic rings. The van der Waals surface area contributed by atoms with Crippen LogP contribution in [0.4, 0.5) is 4.39 Å². The van der Waals surface area contributed by atoms with Gasteiger partial charge in [-0.3, -0.25) is 4.79 Å². The minimum absolute atomic E-state index is 0.266. The second kappa shape index (κ2) is 4.76. The van der Waals surface area contributed by atoms with Gasteiger partial charge in [0.15, 0.2) is 0 Å². The Labute approximate surface area is 115 Å². The van der Waals surface area contributed by atoms with E-state index in [2.05, 4.69) is 15.9 Å². The highest BCUT2D eigenvalue weighted by atomic mass is 79.9. The molecule has 2 unspecified atom stereocenters. The Balaban J connectivity index is 1.70. The van der Waals surface area contributed by atoms with E-state index in [9.17, 15) is 9.18 Å². The van der Waals surface area contributed by atoms with Gasteiger partial charge in [0.1, 0.15) is 11.6 Å². The topological polar surface area (TPSA) is 17.1 Å². The summed E-state index contributed by atoms with van der Waals surface area (Å²) in [5.41, 5.74) is 0.781. The van der Waals surface area contributed by atoms with E-state index in [0.717, 1.165) is 5.56 Å². The van der Waals surface area contributed by atoms with Crippen LogP contribution in [0, 0.1) is 23.6 Å². The molecule has 0 aromatic heterocycles. The Bertz CT molecular complexity index is 473.